The highest BCUT2D eigenvalue weighted by atomic mass is 16.5. The highest BCUT2D eigenvalue weighted by Gasteiger charge is 2.44. The number of nitrogens with one attached hydrogen (secondary N) is 1. The maximum Gasteiger partial charge on any atom is 0.230 e. The first-order valence-corrected chi connectivity index (χ1v) is 6.07. The molecule has 1 aliphatic carbocycles. The number of amides is 1. The Hall–Kier alpha value is -1.51. The molecule has 0 aliphatic heterocycles. The van der Waals surface area contributed by atoms with Gasteiger partial charge >= 0.3 is 0 Å². The molecule has 0 unspecified atom stereocenters. The van der Waals surface area contributed by atoms with E-state index in [-0.39, 0.29) is 11.3 Å². The molecule has 1 aromatic carbocycles. The summed E-state index contributed by atoms with van der Waals surface area (Å²) in [5.41, 5.74) is 1.85. The average molecular weight is 233 g/mol. The summed E-state index contributed by atoms with van der Waals surface area (Å²) in [5, 5.41) is 2.98. The van der Waals surface area contributed by atoms with Gasteiger partial charge in [0.15, 0.2) is 0 Å². The van der Waals surface area contributed by atoms with Gasteiger partial charge in [-0.25, -0.2) is 0 Å². The number of aryl methyl sites for hydroxylation is 1. The van der Waals surface area contributed by atoms with Gasteiger partial charge in [-0.1, -0.05) is 13.8 Å². The van der Waals surface area contributed by atoms with Gasteiger partial charge in [-0.15, -0.1) is 0 Å². The highest BCUT2D eigenvalue weighted by Crippen LogP contribution is 2.45. The molecule has 3 nitrogen and oxygen atoms in total. The molecule has 0 radical (unpaired) electrons. The number of rotatable bonds is 4. The fraction of sp³-hybridized carbons (Fsp3) is 0.500. The van der Waals surface area contributed by atoms with Crippen molar-refractivity contribution in [3.63, 3.8) is 0 Å². The Labute approximate surface area is 102 Å². The zero-order valence-electron chi connectivity index (χ0n) is 10.7. The fourth-order valence-electron chi connectivity index (χ4n) is 1.83. The van der Waals surface area contributed by atoms with E-state index in [1.165, 1.54) is 0 Å². The van der Waals surface area contributed by atoms with Gasteiger partial charge < -0.3 is 10.1 Å². The van der Waals surface area contributed by atoms with Crippen LogP contribution in [-0.2, 0) is 11.2 Å². The number of carbonyl (C=O) groups is 1. The van der Waals surface area contributed by atoms with Crippen molar-refractivity contribution in [1.82, 2.24) is 0 Å². The van der Waals surface area contributed by atoms with E-state index in [2.05, 4.69) is 12.2 Å². The third-order valence-electron chi connectivity index (χ3n) is 3.47. The van der Waals surface area contributed by atoms with Crippen LogP contribution in [0.3, 0.4) is 0 Å². The smallest absolute Gasteiger partial charge is 0.230 e. The molecule has 1 aliphatic rings. The van der Waals surface area contributed by atoms with Crippen LogP contribution in [0.25, 0.3) is 0 Å². The number of ether oxygens (including phenoxy) is 1. The normalized spacial score (nSPS) is 16.4. The molecule has 1 N–H and O–H groups in total. The first kappa shape index (κ1) is 12.0. The van der Waals surface area contributed by atoms with Gasteiger partial charge in [0, 0.05) is 11.1 Å². The van der Waals surface area contributed by atoms with Gasteiger partial charge in [0.25, 0.3) is 0 Å². The van der Waals surface area contributed by atoms with Gasteiger partial charge in [-0.2, -0.15) is 0 Å². The Kier molecular flexibility index (Phi) is 3.09. The van der Waals surface area contributed by atoms with Crippen molar-refractivity contribution in [2.45, 2.75) is 33.1 Å². The second-order valence-corrected chi connectivity index (χ2v) is 4.89. The van der Waals surface area contributed by atoms with Crippen LogP contribution < -0.4 is 10.1 Å². The summed E-state index contributed by atoms with van der Waals surface area (Å²) in [6.45, 7) is 4.08. The summed E-state index contributed by atoms with van der Waals surface area (Å²) in [6, 6.07) is 5.79. The molecule has 0 spiro atoms. The fourth-order valence-corrected chi connectivity index (χ4v) is 1.83. The number of anilines is 1. The minimum Gasteiger partial charge on any atom is -0.496 e. The lowest BCUT2D eigenvalue weighted by Crippen LogP contribution is -2.21. The third kappa shape index (κ3) is 2.43. The van der Waals surface area contributed by atoms with E-state index < -0.39 is 0 Å². The van der Waals surface area contributed by atoms with Crippen LogP contribution >= 0.6 is 0 Å². The maximum absolute atomic E-state index is 11.9. The van der Waals surface area contributed by atoms with E-state index in [0.717, 1.165) is 36.3 Å². The molecule has 0 atom stereocenters. The SMILES string of the molecule is CCc1cc(NC(=O)C2(C)CC2)ccc1OC. The second kappa shape index (κ2) is 4.40. The van der Waals surface area contributed by atoms with E-state index >= 15 is 0 Å². The molecule has 0 heterocycles. The lowest BCUT2D eigenvalue weighted by atomic mass is 10.1. The largest absolute Gasteiger partial charge is 0.496 e. The highest BCUT2D eigenvalue weighted by molar-refractivity contribution is 5.96. The van der Waals surface area contributed by atoms with Gasteiger partial charge in [0.1, 0.15) is 5.75 Å². The number of benzene rings is 1. The quantitative estimate of drug-likeness (QED) is 0.868. The molecule has 1 saturated carbocycles. The molecule has 1 amide bonds. The van der Waals surface area contributed by atoms with E-state index in [0.29, 0.717) is 0 Å². The minimum atomic E-state index is -0.133. The van der Waals surface area contributed by atoms with Crippen LogP contribution in [0.4, 0.5) is 5.69 Å². The summed E-state index contributed by atoms with van der Waals surface area (Å²) in [5.74, 6) is 1.01. The average Bonchev–Trinajstić information content (AvgIpc) is 3.08. The monoisotopic (exact) mass is 233 g/mol. The Balaban J connectivity index is 2.14. The molecule has 3 heteroatoms. The van der Waals surface area contributed by atoms with Crippen LogP contribution in [0.15, 0.2) is 18.2 Å². The summed E-state index contributed by atoms with van der Waals surface area (Å²) < 4.78 is 5.26. The number of hydrogen-bond donors (Lipinski definition) is 1. The van der Waals surface area contributed by atoms with Crippen molar-refractivity contribution in [3.8, 4) is 5.75 Å². The van der Waals surface area contributed by atoms with Gasteiger partial charge in [-0.05, 0) is 43.0 Å². The van der Waals surface area contributed by atoms with Gasteiger partial charge in [-0.3, -0.25) is 4.79 Å². The van der Waals surface area contributed by atoms with Crippen molar-refractivity contribution >= 4 is 11.6 Å². The molecule has 0 saturated heterocycles. The van der Waals surface area contributed by atoms with E-state index in [1.807, 2.05) is 25.1 Å². The van der Waals surface area contributed by atoms with E-state index in [9.17, 15) is 4.79 Å². The standard InChI is InChI=1S/C14H19NO2/c1-4-10-9-11(5-6-12(10)17-3)15-13(16)14(2)7-8-14/h5-6,9H,4,7-8H2,1-3H3,(H,15,16). The van der Waals surface area contributed by atoms with Crippen molar-refractivity contribution < 1.29 is 9.53 Å². The molecular formula is C14H19NO2. The van der Waals surface area contributed by atoms with Crippen LogP contribution in [-0.4, -0.2) is 13.0 Å². The summed E-state index contributed by atoms with van der Waals surface area (Å²) in [4.78, 5) is 11.9. The van der Waals surface area contributed by atoms with Crippen LogP contribution in [0.5, 0.6) is 5.75 Å². The molecule has 2 rings (SSSR count). The minimum absolute atomic E-state index is 0.129. The predicted octanol–water partition coefficient (Wildman–Crippen LogP) is 3.00. The zero-order valence-corrected chi connectivity index (χ0v) is 10.7. The predicted molar refractivity (Wildman–Crippen MR) is 68.3 cm³/mol. The molecule has 1 aromatic rings. The second-order valence-electron chi connectivity index (χ2n) is 4.89. The van der Waals surface area contributed by atoms with Crippen molar-refractivity contribution in [1.29, 1.82) is 0 Å². The first-order chi connectivity index (χ1) is 8.09. The first-order valence-electron chi connectivity index (χ1n) is 6.07. The van der Waals surface area contributed by atoms with E-state index in [4.69, 9.17) is 4.74 Å². The van der Waals surface area contributed by atoms with Crippen LogP contribution in [0.1, 0.15) is 32.3 Å². The van der Waals surface area contributed by atoms with Gasteiger partial charge in [0.2, 0.25) is 5.91 Å². The van der Waals surface area contributed by atoms with Crippen molar-refractivity contribution in [3.05, 3.63) is 23.8 Å². The number of methoxy groups -OCH3 is 1. The molecule has 1 fully saturated rings. The molecule has 17 heavy (non-hydrogen) atoms. The molecular weight excluding hydrogens is 214 g/mol. The topological polar surface area (TPSA) is 38.3 Å². The van der Waals surface area contributed by atoms with Crippen molar-refractivity contribution in [2.75, 3.05) is 12.4 Å². The molecule has 0 aromatic heterocycles. The Morgan fingerprint density at radius 1 is 1.47 bits per heavy atom. The Bertz CT molecular complexity index is 436. The number of carbonyl (C=O) groups excluding carboxylic acids is 1. The summed E-state index contributed by atoms with van der Waals surface area (Å²) >= 11 is 0. The van der Waals surface area contributed by atoms with Crippen LogP contribution in [0, 0.1) is 5.41 Å². The third-order valence-corrected chi connectivity index (χ3v) is 3.47. The lowest BCUT2D eigenvalue weighted by molar-refractivity contribution is -0.120. The molecule has 92 valence electrons. The summed E-state index contributed by atoms with van der Waals surface area (Å²) in [6.07, 6.45) is 2.88. The zero-order chi connectivity index (χ0) is 12.5. The Morgan fingerprint density at radius 3 is 2.71 bits per heavy atom. The lowest BCUT2D eigenvalue weighted by Gasteiger charge is -2.12. The van der Waals surface area contributed by atoms with Crippen molar-refractivity contribution in [2.24, 2.45) is 5.41 Å². The van der Waals surface area contributed by atoms with Crippen LogP contribution in [0.2, 0.25) is 0 Å². The number of hydrogen-bond acceptors (Lipinski definition) is 2. The van der Waals surface area contributed by atoms with E-state index in [1.54, 1.807) is 7.11 Å². The maximum atomic E-state index is 11.9. The molecule has 0 bridgehead atoms. The Morgan fingerprint density at radius 2 is 2.18 bits per heavy atom. The summed E-state index contributed by atoms with van der Waals surface area (Å²) in [7, 11) is 1.66. The van der Waals surface area contributed by atoms with Gasteiger partial charge in [0.05, 0.1) is 7.11 Å².